The molecule has 0 amide bonds. The van der Waals surface area contributed by atoms with E-state index in [-0.39, 0.29) is 0 Å². The van der Waals surface area contributed by atoms with E-state index in [1.165, 1.54) is 63.5 Å². The smallest absolute Gasteiger partial charge is 0.0521 e. The first-order valence-electron chi connectivity index (χ1n) is 8.02. The Balaban J connectivity index is 1.59. The Kier molecular flexibility index (Phi) is 4.21. The molecule has 106 valence electrons. The highest BCUT2D eigenvalue weighted by molar-refractivity contribution is 5.05. The fourth-order valence-electron chi connectivity index (χ4n) is 3.48. The second-order valence-electron chi connectivity index (χ2n) is 6.57. The van der Waals surface area contributed by atoms with Crippen molar-refractivity contribution in [2.24, 2.45) is 18.9 Å². The van der Waals surface area contributed by atoms with E-state index in [4.69, 9.17) is 0 Å². The fraction of sp³-hybridized carbons (Fsp3) is 0.812. The van der Waals surface area contributed by atoms with Gasteiger partial charge in [-0.15, -0.1) is 0 Å². The van der Waals surface area contributed by atoms with Crippen molar-refractivity contribution in [1.29, 1.82) is 0 Å². The van der Waals surface area contributed by atoms with E-state index < -0.39 is 0 Å². The molecular formula is C16H27N3. The summed E-state index contributed by atoms with van der Waals surface area (Å²) in [5.74, 6) is 1.74. The number of rotatable bonds is 5. The van der Waals surface area contributed by atoms with E-state index in [2.05, 4.69) is 22.8 Å². The number of nitrogens with zero attached hydrogens (tertiary/aromatic N) is 2. The number of hydrogen-bond donors (Lipinski definition) is 1. The fourth-order valence-corrected chi connectivity index (χ4v) is 3.48. The zero-order valence-electron chi connectivity index (χ0n) is 12.1. The normalized spacial score (nSPS) is 28.3. The molecule has 2 unspecified atom stereocenters. The van der Waals surface area contributed by atoms with Crippen molar-refractivity contribution in [2.45, 2.75) is 57.4 Å². The van der Waals surface area contributed by atoms with Crippen molar-refractivity contribution in [3.63, 3.8) is 0 Å². The molecule has 19 heavy (non-hydrogen) atoms. The minimum Gasteiger partial charge on any atom is -0.314 e. The molecule has 1 aromatic heterocycles. The number of aryl methyl sites for hydroxylation is 1. The average molecular weight is 261 g/mol. The molecule has 0 bridgehead atoms. The van der Waals surface area contributed by atoms with Crippen LogP contribution in [-0.4, -0.2) is 22.4 Å². The van der Waals surface area contributed by atoms with Gasteiger partial charge in [-0.1, -0.05) is 19.3 Å². The van der Waals surface area contributed by atoms with Crippen molar-refractivity contribution < 1.29 is 0 Å². The van der Waals surface area contributed by atoms with Crippen LogP contribution in [0.2, 0.25) is 0 Å². The van der Waals surface area contributed by atoms with Crippen molar-refractivity contribution in [3.05, 3.63) is 18.0 Å². The van der Waals surface area contributed by atoms with Crippen LogP contribution in [0.4, 0.5) is 0 Å². The van der Waals surface area contributed by atoms with Crippen molar-refractivity contribution in [2.75, 3.05) is 6.54 Å². The molecule has 2 atom stereocenters. The summed E-state index contributed by atoms with van der Waals surface area (Å²) >= 11 is 0. The van der Waals surface area contributed by atoms with Crippen LogP contribution < -0.4 is 5.32 Å². The molecule has 2 fully saturated rings. The molecule has 0 radical (unpaired) electrons. The van der Waals surface area contributed by atoms with Gasteiger partial charge in [-0.3, -0.25) is 4.68 Å². The minimum atomic E-state index is 0.849. The van der Waals surface area contributed by atoms with Crippen LogP contribution in [0.3, 0.4) is 0 Å². The standard InChI is InChI=1S/C16H27N3/c1-19-12-13(10-18-19)9-14-5-3-2-4-6-15(14)11-17-16-7-8-16/h10,12,14-17H,2-9,11H2,1H3. The highest BCUT2D eigenvalue weighted by atomic mass is 15.2. The van der Waals surface area contributed by atoms with E-state index in [9.17, 15) is 0 Å². The molecule has 3 rings (SSSR count). The molecule has 3 heteroatoms. The monoisotopic (exact) mass is 261 g/mol. The summed E-state index contributed by atoms with van der Waals surface area (Å²) in [4.78, 5) is 0. The molecule has 1 N–H and O–H groups in total. The third-order valence-corrected chi connectivity index (χ3v) is 4.82. The Morgan fingerprint density at radius 3 is 2.63 bits per heavy atom. The molecule has 2 aliphatic rings. The lowest BCUT2D eigenvalue weighted by Crippen LogP contribution is -2.30. The first-order valence-corrected chi connectivity index (χ1v) is 8.02. The molecule has 1 heterocycles. The van der Waals surface area contributed by atoms with Gasteiger partial charge in [0.15, 0.2) is 0 Å². The van der Waals surface area contributed by atoms with Gasteiger partial charge in [-0.05, 0) is 56.0 Å². The van der Waals surface area contributed by atoms with Crippen molar-refractivity contribution in [3.8, 4) is 0 Å². The number of hydrogen-bond acceptors (Lipinski definition) is 2. The summed E-state index contributed by atoms with van der Waals surface area (Å²) in [6.45, 7) is 1.25. The maximum absolute atomic E-state index is 4.32. The Hall–Kier alpha value is -0.830. The molecule has 0 aliphatic heterocycles. The lowest BCUT2D eigenvalue weighted by atomic mass is 9.83. The van der Waals surface area contributed by atoms with E-state index in [0.29, 0.717) is 0 Å². The largest absolute Gasteiger partial charge is 0.314 e. The van der Waals surface area contributed by atoms with Crippen LogP contribution in [-0.2, 0) is 13.5 Å². The van der Waals surface area contributed by atoms with E-state index in [1.807, 2.05) is 11.7 Å². The molecule has 2 saturated carbocycles. The highest BCUT2D eigenvalue weighted by Crippen LogP contribution is 2.32. The quantitative estimate of drug-likeness (QED) is 0.826. The van der Waals surface area contributed by atoms with Gasteiger partial charge in [0.25, 0.3) is 0 Å². The van der Waals surface area contributed by atoms with Crippen LogP contribution in [0.5, 0.6) is 0 Å². The first kappa shape index (κ1) is 13.2. The second-order valence-corrected chi connectivity index (χ2v) is 6.57. The third-order valence-electron chi connectivity index (χ3n) is 4.82. The van der Waals surface area contributed by atoms with Crippen LogP contribution in [0, 0.1) is 11.8 Å². The van der Waals surface area contributed by atoms with Gasteiger partial charge in [0.05, 0.1) is 6.20 Å². The Morgan fingerprint density at radius 1 is 1.16 bits per heavy atom. The van der Waals surface area contributed by atoms with Gasteiger partial charge in [0.2, 0.25) is 0 Å². The third kappa shape index (κ3) is 3.82. The van der Waals surface area contributed by atoms with Crippen molar-refractivity contribution in [1.82, 2.24) is 15.1 Å². The molecular weight excluding hydrogens is 234 g/mol. The average Bonchev–Trinajstić information content (AvgIpc) is 3.16. The Morgan fingerprint density at radius 2 is 1.95 bits per heavy atom. The van der Waals surface area contributed by atoms with Gasteiger partial charge in [-0.2, -0.15) is 5.10 Å². The SMILES string of the molecule is Cn1cc(CC2CCCCCC2CNC2CC2)cn1. The Labute approximate surface area is 116 Å². The number of aromatic nitrogens is 2. The molecule has 1 aromatic rings. The summed E-state index contributed by atoms with van der Waals surface area (Å²) in [5, 5.41) is 8.07. The van der Waals surface area contributed by atoms with E-state index >= 15 is 0 Å². The van der Waals surface area contributed by atoms with Crippen LogP contribution in [0.15, 0.2) is 12.4 Å². The molecule has 2 aliphatic carbocycles. The zero-order valence-corrected chi connectivity index (χ0v) is 12.1. The zero-order chi connectivity index (χ0) is 13.1. The maximum atomic E-state index is 4.32. The Bertz CT molecular complexity index is 394. The summed E-state index contributed by atoms with van der Waals surface area (Å²) in [7, 11) is 2.02. The van der Waals surface area contributed by atoms with Gasteiger partial charge >= 0.3 is 0 Å². The van der Waals surface area contributed by atoms with E-state index in [0.717, 1.165) is 17.9 Å². The van der Waals surface area contributed by atoms with Crippen LogP contribution in [0.25, 0.3) is 0 Å². The van der Waals surface area contributed by atoms with Gasteiger partial charge in [0.1, 0.15) is 0 Å². The summed E-state index contributed by atoms with van der Waals surface area (Å²) in [5.41, 5.74) is 1.42. The van der Waals surface area contributed by atoms with E-state index in [1.54, 1.807) is 0 Å². The lowest BCUT2D eigenvalue weighted by molar-refractivity contribution is 0.297. The number of nitrogens with one attached hydrogen (secondary N) is 1. The van der Waals surface area contributed by atoms with Crippen LogP contribution in [0.1, 0.15) is 50.5 Å². The molecule has 0 spiro atoms. The molecule has 0 aromatic carbocycles. The van der Waals surface area contributed by atoms with Crippen LogP contribution >= 0.6 is 0 Å². The van der Waals surface area contributed by atoms with Crippen molar-refractivity contribution >= 4 is 0 Å². The van der Waals surface area contributed by atoms with Gasteiger partial charge in [-0.25, -0.2) is 0 Å². The summed E-state index contributed by atoms with van der Waals surface area (Å²) < 4.78 is 1.93. The summed E-state index contributed by atoms with van der Waals surface area (Å²) in [6.07, 6.45) is 15.4. The predicted octanol–water partition coefficient (Wildman–Crippen LogP) is 2.91. The molecule has 0 saturated heterocycles. The predicted molar refractivity (Wildman–Crippen MR) is 78.0 cm³/mol. The lowest BCUT2D eigenvalue weighted by Gasteiger charge is -2.25. The second kappa shape index (κ2) is 6.08. The topological polar surface area (TPSA) is 29.9 Å². The van der Waals surface area contributed by atoms with Gasteiger partial charge in [0, 0.05) is 19.3 Å². The maximum Gasteiger partial charge on any atom is 0.0521 e. The summed E-state index contributed by atoms with van der Waals surface area (Å²) in [6, 6.07) is 0.849. The first-order chi connectivity index (χ1) is 9.31. The highest BCUT2D eigenvalue weighted by Gasteiger charge is 2.27. The van der Waals surface area contributed by atoms with Gasteiger partial charge < -0.3 is 5.32 Å². The molecule has 3 nitrogen and oxygen atoms in total. The minimum absolute atomic E-state index is 0.849.